The Kier molecular flexibility index (Phi) is 3.87. The van der Waals surface area contributed by atoms with E-state index in [1.165, 1.54) is 11.8 Å². The molecule has 1 heterocycles. The van der Waals surface area contributed by atoms with Crippen molar-refractivity contribution in [2.45, 2.75) is 13.5 Å². The van der Waals surface area contributed by atoms with E-state index in [0.29, 0.717) is 16.8 Å². The molecule has 4 heteroatoms. The van der Waals surface area contributed by atoms with E-state index >= 15 is 0 Å². The summed E-state index contributed by atoms with van der Waals surface area (Å²) in [5, 5.41) is 0. The number of furan rings is 1. The molecule has 0 spiro atoms. The first-order valence-electron chi connectivity index (χ1n) is 5.62. The van der Waals surface area contributed by atoms with Crippen molar-refractivity contribution in [1.29, 1.82) is 0 Å². The predicted molar refractivity (Wildman–Crippen MR) is 73.4 cm³/mol. The summed E-state index contributed by atoms with van der Waals surface area (Å²) in [7, 11) is 1.78. The lowest BCUT2D eigenvalue weighted by atomic mass is 10.1. The Bertz CT molecular complexity index is 562. The summed E-state index contributed by atoms with van der Waals surface area (Å²) in [6.07, 6.45) is 1.50. The summed E-state index contributed by atoms with van der Waals surface area (Å²) in [5.74, 6) is -0.0582. The minimum Gasteiger partial charge on any atom is -0.457 e. The van der Waals surface area contributed by atoms with Gasteiger partial charge in [0.2, 0.25) is 0 Å². The van der Waals surface area contributed by atoms with Crippen LogP contribution in [0.4, 0.5) is 0 Å². The molecule has 0 unspecified atom stereocenters. The molecular weight excluding hydrogens is 294 g/mol. The van der Waals surface area contributed by atoms with Crippen LogP contribution in [0.2, 0.25) is 0 Å². The second-order valence-electron chi connectivity index (χ2n) is 4.26. The van der Waals surface area contributed by atoms with E-state index in [1.807, 2.05) is 25.1 Å². The number of halogens is 1. The Balaban J connectivity index is 2.11. The molecule has 3 nitrogen and oxygen atoms in total. The van der Waals surface area contributed by atoms with Crippen LogP contribution in [0.3, 0.4) is 0 Å². The van der Waals surface area contributed by atoms with E-state index in [2.05, 4.69) is 22.0 Å². The number of aryl methyl sites for hydroxylation is 1. The van der Waals surface area contributed by atoms with Crippen molar-refractivity contribution in [3.05, 3.63) is 58.0 Å². The van der Waals surface area contributed by atoms with Crippen LogP contribution in [0.25, 0.3) is 0 Å². The topological polar surface area (TPSA) is 33.5 Å². The van der Waals surface area contributed by atoms with Gasteiger partial charge in [0.15, 0.2) is 4.67 Å². The van der Waals surface area contributed by atoms with Crippen molar-refractivity contribution >= 4 is 21.8 Å². The molecule has 0 aliphatic rings. The quantitative estimate of drug-likeness (QED) is 0.867. The fraction of sp³-hybridized carbons (Fsp3) is 0.214. The van der Waals surface area contributed by atoms with Crippen LogP contribution in [0, 0.1) is 6.92 Å². The van der Waals surface area contributed by atoms with E-state index in [1.54, 1.807) is 18.0 Å². The number of hydrogen-bond acceptors (Lipinski definition) is 2. The lowest BCUT2D eigenvalue weighted by Crippen LogP contribution is -2.26. The van der Waals surface area contributed by atoms with Gasteiger partial charge >= 0.3 is 0 Å². The molecule has 18 heavy (non-hydrogen) atoms. The van der Waals surface area contributed by atoms with E-state index in [-0.39, 0.29) is 5.91 Å². The van der Waals surface area contributed by atoms with Crippen molar-refractivity contribution in [3.63, 3.8) is 0 Å². The maximum atomic E-state index is 12.2. The van der Waals surface area contributed by atoms with Gasteiger partial charge in [-0.1, -0.05) is 29.8 Å². The van der Waals surface area contributed by atoms with E-state index in [0.717, 1.165) is 5.56 Å². The van der Waals surface area contributed by atoms with Crippen LogP contribution in [-0.4, -0.2) is 17.9 Å². The SMILES string of the molecule is Cc1cccc(CN(C)C(=O)c2ccoc2Br)c1. The average molecular weight is 308 g/mol. The normalized spacial score (nSPS) is 10.4. The molecule has 0 atom stereocenters. The monoisotopic (exact) mass is 307 g/mol. The average Bonchev–Trinajstić information content (AvgIpc) is 2.74. The summed E-state index contributed by atoms with van der Waals surface area (Å²) in [5.41, 5.74) is 2.86. The summed E-state index contributed by atoms with van der Waals surface area (Å²) < 4.78 is 5.55. The van der Waals surface area contributed by atoms with Gasteiger partial charge in [-0.15, -0.1) is 0 Å². The molecule has 0 fully saturated rings. The van der Waals surface area contributed by atoms with Crippen molar-refractivity contribution in [2.24, 2.45) is 0 Å². The molecule has 1 aromatic carbocycles. The molecule has 0 saturated heterocycles. The van der Waals surface area contributed by atoms with Crippen LogP contribution in [0.15, 0.2) is 45.7 Å². The highest BCUT2D eigenvalue weighted by Crippen LogP contribution is 2.19. The zero-order valence-electron chi connectivity index (χ0n) is 10.3. The standard InChI is InChI=1S/C14H14BrNO2/c1-10-4-3-5-11(8-10)9-16(2)14(17)12-6-7-18-13(12)15/h3-8H,9H2,1-2H3. The van der Waals surface area contributed by atoms with Crippen LogP contribution < -0.4 is 0 Å². The summed E-state index contributed by atoms with van der Waals surface area (Å²) >= 11 is 3.22. The van der Waals surface area contributed by atoms with Crippen molar-refractivity contribution in [2.75, 3.05) is 7.05 Å². The summed E-state index contributed by atoms with van der Waals surface area (Å²) in [4.78, 5) is 13.8. The minimum atomic E-state index is -0.0582. The number of hydrogen-bond donors (Lipinski definition) is 0. The highest BCUT2D eigenvalue weighted by Gasteiger charge is 2.17. The smallest absolute Gasteiger partial charge is 0.258 e. The highest BCUT2D eigenvalue weighted by atomic mass is 79.9. The Morgan fingerprint density at radius 3 is 2.78 bits per heavy atom. The maximum absolute atomic E-state index is 12.2. The second kappa shape index (κ2) is 5.40. The van der Waals surface area contributed by atoms with Gasteiger partial charge in [-0.3, -0.25) is 4.79 Å². The third kappa shape index (κ3) is 2.82. The molecule has 0 N–H and O–H groups in total. The number of carbonyl (C=O) groups is 1. The predicted octanol–water partition coefficient (Wildman–Crippen LogP) is 3.62. The molecule has 0 bridgehead atoms. The van der Waals surface area contributed by atoms with Gasteiger partial charge in [0.1, 0.15) is 0 Å². The van der Waals surface area contributed by atoms with Crippen LogP contribution in [-0.2, 0) is 6.54 Å². The van der Waals surface area contributed by atoms with Crippen molar-refractivity contribution in [1.82, 2.24) is 4.90 Å². The van der Waals surface area contributed by atoms with E-state index in [4.69, 9.17) is 4.42 Å². The Hall–Kier alpha value is -1.55. The first kappa shape index (κ1) is 12.9. The number of amides is 1. The fourth-order valence-corrected chi connectivity index (χ4v) is 2.22. The number of benzene rings is 1. The van der Waals surface area contributed by atoms with Crippen molar-refractivity contribution in [3.8, 4) is 0 Å². The lowest BCUT2D eigenvalue weighted by Gasteiger charge is -2.16. The van der Waals surface area contributed by atoms with Gasteiger partial charge in [0, 0.05) is 13.6 Å². The number of rotatable bonds is 3. The second-order valence-corrected chi connectivity index (χ2v) is 4.98. The molecule has 0 aliphatic heterocycles. The molecule has 0 aliphatic carbocycles. The van der Waals surface area contributed by atoms with Crippen LogP contribution >= 0.6 is 15.9 Å². The Morgan fingerprint density at radius 2 is 2.17 bits per heavy atom. The first-order valence-corrected chi connectivity index (χ1v) is 6.41. The van der Waals surface area contributed by atoms with Crippen LogP contribution in [0.5, 0.6) is 0 Å². The lowest BCUT2D eigenvalue weighted by molar-refractivity contribution is 0.0783. The molecule has 1 aromatic heterocycles. The van der Waals surface area contributed by atoms with E-state index in [9.17, 15) is 4.79 Å². The number of nitrogens with zero attached hydrogens (tertiary/aromatic N) is 1. The van der Waals surface area contributed by atoms with E-state index < -0.39 is 0 Å². The van der Waals surface area contributed by atoms with Crippen LogP contribution in [0.1, 0.15) is 21.5 Å². The fourth-order valence-electron chi connectivity index (χ4n) is 1.81. The molecule has 1 amide bonds. The van der Waals surface area contributed by atoms with Crippen molar-refractivity contribution < 1.29 is 9.21 Å². The molecule has 94 valence electrons. The summed E-state index contributed by atoms with van der Waals surface area (Å²) in [6.45, 7) is 2.62. The zero-order chi connectivity index (χ0) is 13.1. The maximum Gasteiger partial charge on any atom is 0.258 e. The van der Waals surface area contributed by atoms with Gasteiger partial charge in [-0.2, -0.15) is 0 Å². The molecule has 2 rings (SSSR count). The zero-order valence-corrected chi connectivity index (χ0v) is 11.9. The minimum absolute atomic E-state index is 0.0582. The third-order valence-corrected chi connectivity index (χ3v) is 3.31. The van der Waals surface area contributed by atoms with Gasteiger partial charge in [-0.25, -0.2) is 0 Å². The third-order valence-electron chi connectivity index (χ3n) is 2.70. The van der Waals surface area contributed by atoms with Gasteiger partial charge in [-0.05, 0) is 34.5 Å². The first-order chi connectivity index (χ1) is 8.58. The van der Waals surface area contributed by atoms with Gasteiger partial charge < -0.3 is 9.32 Å². The largest absolute Gasteiger partial charge is 0.457 e. The highest BCUT2D eigenvalue weighted by molar-refractivity contribution is 9.10. The van der Waals surface area contributed by atoms with Gasteiger partial charge in [0.05, 0.1) is 11.8 Å². The molecule has 2 aromatic rings. The molecule has 0 saturated carbocycles. The Labute approximate surface area is 115 Å². The van der Waals surface area contributed by atoms with Gasteiger partial charge in [0.25, 0.3) is 5.91 Å². The molecule has 0 radical (unpaired) electrons. The Morgan fingerprint density at radius 1 is 1.39 bits per heavy atom. The summed E-state index contributed by atoms with van der Waals surface area (Å²) in [6, 6.07) is 9.79. The number of carbonyl (C=O) groups excluding carboxylic acids is 1. The molecular formula is C14H14BrNO2.